The van der Waals surface area contributed by atoms with E-state index in [-0.39, 0.29) is 0 Å². The normalized spacial score (nSPS) is 14.1. The lowest BCUT2D eigenvalue weighted by Gasteiger charge is -2.13. The average Bonchev–Trinajstić information content (AvgIpc) is 2.63. The lowest BCUT2D eigenvalue weighted by atomic mass is 10.4. The number of imidazole rings is 1. The highest BCUT2D eigenvalue weighted by Gasteiger charge is 2.25. The second-order valence-electron chi connectivity index (χ2n) is 3.26. The fourth-order valence-corrected chi connectivity index (χ4v) is 2.54. The van der Waals surface area contributed by atoms with Gasteiger partial charge in [0.2, 0.25) is 10.0 Å². The quantitative estimate of drug-likeness (QED) is 0.819. The first-order valence-corrected chi connectivity index (χ1v) is 6.57. The summed E-state index contributed by atoms with van der Waals surface area (Å²) in [5.74, 6) is 0.582. The van der Waals surface area contributed by atoms with Crippen LogP contribution in [0.2, 0.25) is 0 Å². The van der Waals surface area contributed by atoms with Crippen molar-refractivity contribution in [2.24, 2.45) is 0 Å². The van der Waals surface area contributed by atoms with Crippen molar-refractivity contribution in [3.8, 4) is 0 Å². The summed E-state index contributed by atoms with van der Waals surface area (Å²) >= 11 is 0. The van der Waals surface area contributed by atoms with Crippen LogP contribution in [-0.4, -0.2) is 24.5 Å². The fraction of sp³-hybridized carbons (Fsp3) is 0.667. The van der Waals surface area contributed by atoms with Gasteiger partial charge in [0, 0.05) is 25.5 Å². The van der Waals surface area contributed by atoms with Crippen LogP contribution in [0.1, 0.15) is 31.8 Å². The smallest absolute Gasteiger partial charge is 0.221 e. The summed E-state index contributed by atoms with van der Waals surface area (Å²) < 4.78 is 27.8. The number of aryl methyl sites for hydroxylation is 1. The van der Waals surface area contributed by atoms with Gasteiger partial charge >= 0.3 is 0 Å². The van der Waals surface area contributed by atoms with Crippen LogP contribution in [0, 0.1) is 0 Å². The van der Waals surface area contributed by atoms with Crippen LogP contribution in [0.5, 0.6) is 0 Å². The molecule has 1 rings (SSSR count). The van der Waals surface area contributed by atoms with Gasteiger partial charge in [-0.15, -0.1) is 0 Å². The molecule has 0 saturated carbocycles. The fourth-order valence-electron chi connectivity index (χ4n) is 1.41. The Labute approximate surface area is 90.6 Å². The minimum Gasteiger partial charge on any atom is -0.334 e. The van der Waals surface area contributed by atoms with Crippen molar-refractivity contribution in [1.29, 1.82) is 0 Å². The van der Waals surface area contributed by atoms with Crippen LogP contribution in [0.4, 0.5) is 0 Å². The van der Waals surface area contributed by atoms with Crippen LogP contribution < -0.4 is 4.72 Å². The summed E-state index contributed by atoms with van der Waals surface area (Å²) in [5.41, 5.74) is 0. The van der Waals surface area contributed by atoms with E-state index in [2.05, 4.69) is 9.71 Å². The molecule has 6 heteroatoms. The molecular formula is C9H17N3O2S. The minimum atomic E-state index is -3.30. The molecule has 0 bridgehead atoms. The van der Waals surface area contributed by atoms with Gasteiger partial charge in [0.15, 0.2) is 0 Å². The monoisotopic (exact) mass is 231 g/mol. The predicted molar refractivity (Wildman–Crippen MR) is 58.9 cm³/mol. The molecular weight excluding hydrogens is 214 g/mol. The van der Waals surface area contributed by atoms with Gasteiger partial charge < -0.3 is 4.57 Å². The van der Waals surface area contributed by atoms with E-state index in [9.17, 15) is 8.42 Å². The molecule has 0 amide bonds. The molecule has 0 aliphatic heterocycles. The van der Waals surface area contributed by atoms with Crippen molar-refractivity contribution in [1.82, 2.24) is 14.3 Å². The molecule has 1 atom stereocenters. The van der Waals surface area contributed by atoms with E-state index in [1.54, 1.807) is 26.2 Å². The van der Waals surface area contributed by atoms with Crippen molar-refractivity contribution in [3.05, 3.63) is 18.2 Å². The Bertz CT molecular complexity index is 411. The van der Waals surface area contributed by atoms with Gasteiger partial charge in [-0.2, -0.15) is 0 Å². The molecule has 0 saturated heterocycles. The molecule has 1 heterocycles. The van der Waals surface area contributed by atoms with Crippen LogP contribution in [0.15, 0.2) is 12.4 Å². The molecule has 0 fully saturated rings. The SMILES string of the molecule is CCNS(=O)(=O)[C@@H](C)c1nccn1CC. The summed E-state index contributed by atoms with van der Waals surface area (Å²) in [5, 5.41) is -0.618. The molecule has 15 heavy (non-hydrogen) atoms. The Morgan fingerprint density at radius 2 is 2.20 bits per heavy atom. The summed E-state index contributed by atoms with van der Waals surface area (Å²) in [7, 11) is -3.30. The van der Waals surface area contributed by atoms with E-state index >= 15 is 0 Å². The van der Waals surface area contributed by atoms with Gasteiger partial charge in [-0.05, 0) is 13.8 Å². The average molecular weight is 231 g/mol. The summed E-state index contributed by atoms with van der Waals surface area (Å²) in [6.07, 6.45) is 3.41. The van der Waals surface area contributed by atoms with Crippen molar-refractivity contribution >= 4 is 10.0 Å². The van der Waals surface area contributed by atoms with E-state index in [0.717, 1.165) is 6.54 Å². The van der Waals surface area contributed by atoms with Gasteiger partial charge in [-0.1, -0.05) is 6.92 Å². The molecule has 86 valence electrons. The second-order valence-corrected chi connectivity index (χ2v) is 5.34. The molecule has 0 aliphatic rings. The highest BCUT2D eigenvalue weighted by molar-refractivity contribution is 7.89. The van der Waals surface area contributed by atoms with Crippen molar-refractivity contribution in [2.75, 3.05) is 6.54 Å². The number of rotatable bonds is 5. The van der Waals surface area contributed by atoms with E-state index < -0.39 is 15.3 Å². The van der Waals surface area contributed by atoms with Gasteiger partial charge in [0.05, 0.1) is 0 Å². The summed E-state index contributed by atoms with van der Waals surface area (Å²) in [6.45, 7) is 6.49. The molecule has 0 unspecified atom stereocenters. The molecule has 0 aliphatic carbocycles. The topological polar surface area (TPSA) is 64.0 Å². The third-order valence-electron chi connectivity index (χ3n) is 2.26. The number of nitrogens with one attached hydrogen (secondary N) is 1. The molecule has 5 nitrogen and oxygen atoms in total. The van der Waals surface area contributed by atoms with Gasteiger partial charge in [0.1, 0.15) is 11.1 Å². The van der Waals surface area contributed by atoms with E-state index in [4.69, 9.17) is 0 Å². The maximum Gasteiger partial charge on any atom is 0.221 e. The van der Waals surface area contributed by atoms with Gasteiger partial charge in [-0.3, -0.25) is 0 Å². The zero-order valence-electron chi connectivity index (χ0n) is 9.27. The van der Waals surface area contributed by atoms with Gasteiger partial charge in [-0.25, -0.2) is 18.1 Å². The first-order valence-electron chi connectivity index (χ1n) is 5.02. The summed E-state index contributed by atoms with van der Waals surface area (Å²) in [4.78, 5) is 4.08. The number of sulfonamides is 1. The Hall–Kier alpha value is -0.880. The Morgan fingerprint density at radius 1 is 1.53 bits per heavy atom. The maximum absolute atomic E-state index is 11.7. The minimum absolute atomic E-state index is 0.402. The number of hydrogen-bond donors (Lipinski definition) is 1. The lowest BCUT2D eigenvalue weighted by Crippen LogP contribution is -2.29. The van der Waals surface area contributed by atoms with E-state index in [0.29, 0.717) is 12.4 Å². The zero-order chi connectivity index (χ0) is 11.5. The number of nitrogens with zero attached hydrogens (tertiary/aromatic N) is 2. The zero-order valence-corrected chi connectivity index (χ0v) is 10.1. The molecule has 0 aromatic carbocycles. The largest absolute Gasteiger partial charge is 0.334 e. The molecule has 0 spiro atoms. The van der Waals surface area contributed by atoms with Crippen LogP contribution in [0.25, 0.3) is 0 Å². The first-order chi connectivity index (χ1) is 7.03. The molecule has 1 aromatic rings. The van der Waals surface area contributed by atoms with Crippen molar-refractivity contribution in [2.45, 2.75) is 32.6 Å². The Balaban J connectivity index is 2.99. The molecule has 0 radical (unpaired) electrons. The lowest BCUT2D eigenvalue weighted by molar-refractivity contribution is 0.564. The second kappa shape index (κ2) is 4.76. The van der Waals surface area contributed by atoms with Crippen molar-refractivity contribution in [3.63, 3.8) is 0 Å². The molecule has 1 aromatic heterocycles. The van der Waals surface area contributed by atoms with E-state index in [1.165, 1.54) is 0 Å². The first kappa shape index (κ1) is 12.2. The third-order valence-corrected chi connectivity index (χ3v) is 4.10. The highest BCUT2D eigenvalue weighted by Crippen LogP contribution is 2.18. The maximum atomic E-state index is 11.7. The van der Waals surface area contributed by atoms with E-state index in [1.807, 2.05) is 11.5 Å². The Morgan fingerprint density at radius 3 is 2.73 bits per heavy atom. The predicted octanol–water partition coefficient (Wildman–Crippen LogP) is 0.903. The van der Waals surface area contributed by atoms with Gasteiger partial charge in [0.25, 0.3) is 0 Å². The third kappa shape index (κ3) is 2.57. The van der Waals surface area contributed by atoms with Crippen LogP contribution >= 0.6 is 0 Å². The summed E-state index contributed by atoms with van der Waals surface area (Å²) in [6, 6.07) is 0. The van der Waals surface area contributed by atoms with Crippen LogP contribution in [0.3, 0.4) is 0 Å². The molecule has 1 N–H and O–H groups in total. The number of aromatic nitrogens is 2. The standard InChI is InChI=1S/C9H17N3O2S/c1-4-11-15(13,14)8(3)9-10-6-7-12(9)5-2/h6-8,11H,4-5H2,1-3H3/t8-/m0/s1. The highest BCUT2D eigenvalue weighted by atomic mass is 32.2. The number of hydrogen-bond acceptors (Lipinski definition) is 3. The Kier molecular flexibility index (Phi) is 3.87. The van der Waals surface area contributed by atoms with Crippen molar-refractivity contribution < 1.29 is 8.42 Å². The van der Waals surface area contributed by atoms with Crippen LogP contribution in [-0.2, 0) is 16.6 Å².